The molecule has 0 spiro atoms. The molecule has 0 unspecified atom stereocenters. The number of hydrogen-bond acceptors (Lipinski definition) is 6. The summed E-state index contributed by atoms with van der Waals surface area (Å²) in [7, 11) is 0. The normalized spacial score (nSPS) is 18.3. The topological polar surface area (TPSA) is 42.4 Å². The van der Waals surface area contributed by atoms with E-state index < -0.39 is 11.7 Å². The van der Waals surface area contributed by atoms with E-state index in [0.717, 1.165) is 63.2 Å². The van der Waals surface area contributed by atoms with Crippen molar-refractivity contribution in [2.24, 2.45) is 5.41 Å². The number of morpholine rings is 1. The molecule has 34 heavy (non-hydrogen) atoms. The number of nitrogens with zero attached hydrogens (tertiary/aromatic N) is 2. The summed E-state index contributed by atoms with van der Waals surface area (Å²) >= 11 is 3.05. The molecule has 1 aliphatic heterocycles. The number of ketones is 1. The van der Waals surface area contributed by atoms with Gasteiger partial charge in [0.2, 0.25) is 0 Å². The minimum absolute atomic E-state index is 0.128. The smallest absolute Gasteiger partial charge is 0.378 e. The monoisotopic (exact) mass is 506 g/mol. The van der Waals surface area contributed by atoms with E-state index in [0.29, 0.717) is 30.2 Å². The highest BCUT2D eigenvalue weighted by Crippen LogP contribution is 2.52. The van der Waals surface area contributed by atoms with Crippen LogP contribution in [0.4, 0.5) is 18.2 Å². The minimum atomic E-state index is -4.37. The molecule has 5 rings (SSSR count). The number of hydrogen-bond donors (Lipinski definition) is 0. The number of Topliss-reactive ketones (excluding diaryl/α,β-unsaturated/α-hetero) is 1. The van der Waals surface area contributed by atoms with E-state index in [-0.39, 0.29) is 11.2 Å². The van der Waals surface area contributed by atoms with Gasteiger partial charge in [-0.3, -0.25) is 4.79 Å². The first-order chi connectivity index (χ1) is 16.0. The first-order valence-corrected chi connectivity index (χ1v) is 12.8. The molecule has 1 saturated heterocycles. The third kappa shape index (κ3) is 4.29. The molecule has 0 N–H and O–H groups in total. The number of ether oxygens (including phenoxy) is 1. The van der Waals surface area contributed by atoms with Crippen LogP contribution in [0.25, 0.3) is 21.0 Å². The number of carbonyl (C=O) groups is 1. The summed E-state index contributed by atoms with van der Waals surface area (Å²) in [4.78, 5) is 21.9. The Morgan fingerprint density at radius 2 is 1.71 bits per heavy atom. The van der Waals surface area contributed by atoms with Crippen molar-refractivity contribution < 1.29 is 22.7 Å². The Kier molecular flexibility index (Phi) is 5.85. The van der Waals surface area contributed by atoms with Gasteiger partial charge < -0.3 is 9.64 Å². The summed E-state index contributed by atoms with van der Waals surface area (Å²) in [6, 6.07) is 5.14. The molecule has 0 bridgehead atoms. The molecule has 3 heterocycles. The van der Waals surface area contributed by atoms with Crippen LogP contribution in [0.1, 0.15) is 46.8 Å². The summed E-state index contributed by atoms with van der Waals surface area (Å²) in [6.07, 6.45) is -3.04. The predicted octanol–water partition coefficient (Wildman–Crippen LogP) is 6.86. The van der Waals surface area contributed by atoms with E-state index in [4.69, 9.17) is 9.72 Å². The molecule has 0 amide bonds. The average Bonchev–Trinajstić information content (AvgIpc) is 3.33. The second-order valence-corrected chi connectivity index (χ2v) is 11.6. The maximum Gasteiger partial charge on any atom is 0.416 e. The van der Waals surface area contributed by atoms with Gasteiger partial charge in [0.15, 0.2) is 5.78 Å². The molecule has 1 aromatic carbocycles. The maximum atomic E-state index is 13.1. The largest absolute Gasteiger partial charge is 0.416 e. The van der Waals surface area contributed by atoms with Crippen molar-refractivity contribution in [3.63, 3.8) is 0 Å². The predicted molar refractivity (Wildman–Crippen MR) is 130 cm³/mol. The standard InChI is InChI=1S/C25H25F3N2O2S2/c1-14-20(33-22(29-14)15-4-6-16(7-5-15)25(26,27)28)19-17-12-24(2,3)13-18(31)21(17)34-23(19)30-8-10-32-11-9-30/h4-7H,8-13H2,1-3H3. The number of fused-ring (bicyclic) bond motifs is 1. The lowest BCUT2D eigenvalue weighted by Gasteiger charge is -2.30. The second kappa shape index (κ2) is 8.46. The molecule has 4 nitrogen and oxygen atoms in total. The fourth-order valence-corrected chi connectivity index (χ4v) is 7.20. The van der Waals surface area contributed by atoms with Crippen molar-refractivity contribution in [3.8, 4) is 21.0 Å². The van der Waals surface area contributed by atoms with Gasteiger partial charge in [0.05, 0.1) is 34.2 Å². The molecule has 1 aliphatic carbocycles. The van der Waals surface area contributed by atoms with E-state index in [1.54, 1.807) is 11.3 Å². The van der Waals surface area contributed by atoms with Crippen LogP contribution in [0.15, 0.2) is 24.3 Å². The van der Waals surface area contributed by atoms with Crippen LogP contribution in [0.2, 0.25) is 0 Å². The fourth-order valence-electron chi connectivity index (χ4n) is 4.68. The number of aryl methyl sites for hydroxylation is 1. The number of aromatic nitrogens is 1. The fraction of sp³-hybridized carbons (Fsp3) is 0.440. The number of benzene rings is 1. The minimum Gasteiger partial charge on any atom is -0.378 e. The highest BCUT2D eigenvalue weighted by atomic mass is 32.1. The molecule has 9 heteroatoms. The van der Waals surface area contributed by atoms with Gasteiger partial charge >= 0.3 is 6.18 Å². The Bertz CT molecular complexity index is 1240. The zero-order chi connectivity index (χ0) is 24.3. The van der Waals surface area contributed by atoms with Crippen LogP contribution in [-0.2, 0) is 17.3 Å². The molecular weight excluding hydrogens is 481 g/mol. The van der Waals surface area contributed by atoms with Gasteiger partial charge in [0, 0.05) is 30.6 Å². The van der Waals surface area contributed by atoms with E-state index in [2.05, 4.69) is 18.7 Å². The third-order valence-corrected chi connectivity index (χ3v) is 8.88. The van der Waals surface area contributed by atoms with Crippen molar-refractivity contribution in [1.29, 1.82) is 0 Å². The zero-order valence-electron chi connectivity index (χ0n) is 19.2. The van der Waals surface area contributed by atoms with E-state index in [1.807, 2.05) is 6.92 Å². The van der Waals surface area contributed by atoms with Crippen molar-refractivity contribution in [3.05, 3.63) is 46.0 Å². The third-order valence-electron chi connectivity index (χ3n) is 6.32. The Labute approximate surface area is 204 Å². The van der Waals surface area contributed by atoms with Gasteiger partial charge in [0.1, 0.15) is 10.0 Å². The van der Waals surface area contributed by atoms with Crippen LogP contribution in [-0.4, -0.2) is 37.1 Å². The molecule has 1 fully saturated rings. The lowest BCUT2D eigenvalue weighted by molar-refractivity contribution is -0.137. The lowest BCUT2D eigenvalue weighted by atomic mass is 9.75. The number of alkyl halides is 3. The number of thiophene rings is 1. The Balaban J connectivity index is 1.62. The summed E-state index contributed by atoms with van der Waals surface area (Å²) in [6.45, 7) is 8.97. The molecule has 0 saturated carbocycles. The Morgan fingerprint density at radius 1 is 1.03 bits per heavy atom. The van der Waals surface area contributed by atoms with Crippen LogP contribution in [0.3, 0.4) is 0 Å². The van der Waals surface area contributed by atoms with Crippen LogP contribution >= 0.6 is 22.7 Å². The van der Waals surface area contributed by atoms with E-state index in [1.165, 1.54) is 23.5 Å². The maximum absolute atomic E-state index is 13.1. The molecular formula is C25H25F3N2O2S2. The Hall–Kier alpha value is -2.23. The quantitative estimate of drug-likeness (QED) is 0.389. The summed E-state index contributed by atoms with van der Waals surface area (Å²) < 4.78 is 44.5. The van der Waals surface area contributed by atoms with Gasteiger partial charge in [-0.1, -0.05) is 26.0 Å². The average molecular weight is 507 g/mol. The van der Waals surface area contributed by atoms with Gasteiger partial charge in [-0.05, 0) is 36.5 Å². The molecule has 2 aromatic heterocycles. The van der Waals surface area contributed by atoms with Crippen LogP contribution < -0.4 is 4.90 Å². The highest BCUT2D eigenvalue weighted by molar-refractivity contribution is 7.21. The van der Waals surface area contributed by atoms with Crippen molar-refractivity contribution in [2.75, 3.05) is 31.2 Å². The van der Waals surface area contributed by atoms with Crippen molar-refractivity contribution >= 4 is 33.5 Å². The van der Waals surface area contributed by atoms with Crippen molar-refractivity contribution in [1.82, 2.24) is 4.98 Å². The number of carbonyl (C=O) groups excluding carboxylic acids is 1. The molecule has 180 valence electrons. The SMILES string of the molecule is Cc1nc(-c2ccc(C(F)(F)F)cc2)sc1-c1c(N2CCOCC2)sc2c1CC(C)(C)CC2=O. The number of rotatable bonds is 3. The van der Waals surface area contributed by atoms with Gasteiger partial charge in [-0.15, -0.1) is 22.7 Å². The van der Waals surface area contributed by atoms with Gasteiger partial charge in [-0.2, -0.15) is 13.2 Å². The first-order valence-electron chi connectivity index (χ1n) is 11.2. The Morgan fingerprint density at radius 3 is 2.35 bits per heavy atom. The summed E-state index contributed by atoms with van der Waals surface area (Å²) in [5.41, 5.74) is 2.82. The molecule has 2 aliphatic rings. The van der Waals surface area contributed by atoms with Gasteiger partial charge in [0.25, 0.3) is 0 Å². The number of anilines is 1. The lowest BCUT2D eigenvalue weighted by Crippen LogP contribution is -2.36. The second-order valence-electron chi connectivity index (χ2n) is 9.64. The summed E-state index contributed by atoms with van der Waals surface area (Å²) in [5.74, 6) is 0.183. The van der Waals surface area contributed by atoms with Crippen LogP contribution in [0.5, 0.6) is 0 Å². The molecule has 3 aromatic rings. The number of thiazole rings is 1. The molecule has 0 radical (unpaired) electrons. The molecule has 0 atom stereocenters. The highest BCUT2D eigenvalue weighted by Gasteiger charge is 2.38. The summed E-state index contributed by atoms with van der Waals surface area (Å²) in [5, 5.41) is 1.75. The number of halogens is 3. The van der Waals surface area contributed by atoms with E-state index in [9.17, 15) is 18.0 Å². The van der Waals surface area contributed by atoms with E-state index >= 15 is 0 Å². The zero-order valence-corrected chi connectivity index (χ0v) is 20.8. The van der Waals surface area contributed by atoms with Crippen LogP contribution in [0, 0.1) is 12.3 Å². The van der Waals surface area contributed by atoms with Crippen molar-refractivity contribution in [2.45, 2.75) is 39.8 Å². The van der Waals surface area contributed by atoms with Gasteiger partial charge in [-0.25, -0.2) is 4.98 Å². The first kappa shape index (κ1) is 23.5.